The summed E-state index contributed by atoms with van der Waals surface area (Å²) in [5, 5.41) is 10.8. The fourth-order valence-corrected chi connectivity index (χ4v) is 2.34. The van der Waals surface area contributed by atoms with Crippen molar-refractivity contribution in [1.29, 1.82) is 0 Å². The van der Waals surface area contributed by atoms with Crippen molar-refractivity contribution in [2.24, 2.45) is 0 Å². The lowest BCUT2D eigenvalue weighted by molar-refractivity contribution is -0.385. The molecule has 0 aliphatic rings. The van der Waals surface area contributed by atoms with Gasteiger partial charge in [0.25, 0.3) is 14.7 Å². The number of hydrogen-bond acceptors (Lipinski definition) is 6. The first-order chi connectivity index (χ1) is 8.29. The molecule has 18 heavy (non-hydrogen) atoms. The highest BCUT2D eigenvalue weighted by Crippen LogP contribution is 2.28. The van der Waals surface area contributed by atoms with Crippen molar-refractivity contribution in [1.82, 2.24) is 0 Å². The number of carbonyl (C=O) groups excluding carboxylic acids is 1. The highest BCUT2D eigenvalue weighted by atomic mass is 35.7. The Balaban J connectivity index is 3.60. The first kappa shape index (κ1) is 14.4. The van der Waals surface area contributed by atoms with E-state index in [2.05, 4.69) is 4.74 Å². The molecular formula is C9H8ClNO6S. The Labute approximate surface area is 107 Å². The van der Waals surface area contributed by atoms with Crippen molar-refractivity contribution >= 4 is 31.4 Å². The van der Waals surface area contributed by atoms with E-state index in [0.29, 0.717) is 0 Å². The molecule has 0 spiro atoms. The number of nitro benzene ring substituents is 1. The van der Waals surface area contributed by atoms with Crippen LogP contribution in [0.4, 0.5) is 5.69 Å². The second-order valence-electron chi connectivity index (χ2n) is 3.07. The van der Waals surface area contributed by atoms with Crippen molar-refractivity contribution in [2.75, 3.05) is 6.61 Å². The maximum atomic E-state index is 11.6. The Kier molecular flexibility index (Phi) is 4.25. The minimum atomic E-state index is -4.29. The lowest BCUT2D eigenvalue weighted by Gasteiger charge is -2.06. The Morgan fingerprint density at radius 1 is 1.50 bits per heavy atom. The van der Waals surface area contributed by atoms with E-state index >= 15 is 0 Å². The maximum absolute atomic E-state index is 11.6. The van der Waals surface area contributed by atoms with Gasteiger partial charge >= 0.3 is 5.97 Å². The van der Waals surface area contributed by atoms with Gasteiger partial charge in [-0.1, -0.05) is 6.07 Å². The molecule has 0 radical (unpaired) electrons. The molecule has 0 aromatic heterocycles. The fraction of sp³-hybridized carbons (Fsp3) is 0.222. The van der Waals surface area contributed by atoms with Gasteiger partial charge in [-0.25, -0.2) is 13.2 Å². The lowest BCUT2D eigenvalue weighted by Crippen LogP contribution is -2.12. The number of rotatable bonds is 4. The van der Waals surface area contributed by atoms with Crippen LogP contribution < -0.4 is 0 Å². The van der Waals surface area contributed by atoms with Crippen molar-refractivity contribution in [3.8, 4) is 0 Å². The first-order valence-electron chi connectivity index (χ1n) is 4.68. The van der Waals surface area contributed by atoms with Crippen LogP contribution in [0.15, 0.2) is 23.1 Å². The molecule has 0 bridgehead atoms. The van der Waals surface area contributed by atoms with Gasteiger partial charge in [0.1, 0.15) is 4.90 Å². The number of halogens is 1. The lowest BCUT2D eigenvalue weighted by atomic mass is 10.2. The minimum Gasteiger partial charge on any atom is -0.462 e. The molecule has 0 aliphatic heterocycles. The summed E-state index contributed by atoms with van der Waals surface area (Å²) < 4.78 is 27.1. The van der Waals surface area contributed by atoms with Gasteiger partial charge in [0.2, 0.25) is 0 Å². The molecule has 0 saturated heterocycles. The van der Waals surface area contributed by atoms with Crippen LogP contribution in [-0.2, 0) is 13.8 Å². The Bertz CT molecular complexity index is 597. The van der Waals surface area contributed by atoms with Gasteiger partial charge in [0, 0.05) is 16.7 Å². The van der Waals surface area contributed by atoms with Crippen LogP contribution in [-0.4, -0.2) is 25.9 Å². The molecule has 7 nitrogen and oxygen atoms in total. The van der Waals surface area contributed by atoms with Crippen molar-refractivity contribution in [2.45, 2.75) is 11.8 Å². The standard InChI is InChI=1S/C9H8ClNO6S/c1-2-17-9(12)8-6(11(13)14)4-3-5-7(8)18(10,15)16/h3-5H,2H2,1H3. The molecule has 1 aromatic carbocycles. The molecule has 1 rings (SSSR count). The van der Waals surface area contributed by atoms with Crippen LogP contribution in [0.1, 0.15) is 17.3 Å². The molecule has 0 N–H and O–H groups in total. The summed E-state index contributed by atoms with van der Waals surface area (Å²) in [7, 11) is 0.841. The van der Waals surface area contributed by atoms with E-state index in [1.54, 1.807) is 0 Å². The molecule has 0 aliphatic carbocycles. The summed E-state index contributed by atoms with van der Waals surface area (Å²) >= 11 is 0. The third-order valence-electron chi connectivity index (χ3n) is 1.94. The van der Waals surface area contributed by atoms with Gasteiger partial charge in [-0.15, -0.1) is 0 Å². The van der Waals surface area contributed by atoms with E-state index < -0.39 is 36.1 Å². The molecule has 0 atom stereocenters. The molecule has 9 heteroatoms. The summed E-state index contributed by atoms with van der Waals surface area (Å²) in [6, 6.07) is 3.12. The number of nitro groups is 1. The second kappa shape index (κ2) is 5.32. The van der Waals surface area contributed by atoms with E-state index in [-0.39, 0.29) is 6.61 Å². The van der Waals surface area contributed by atoms with Gasteiger partial charge in [-0.3, -0.25) is 10.1 Å². The maximum Gasteiger partial charge on any atom is 0.346 e. The normalized spacial score (nSPS) is 11.0. The van der Waals surface area contributed by atoms with Crippen molar-refractivity contribution in [3.63, 3.8) is 0 Å². The van der Waals surface area contributed by atoms with Gasteiger partial charge in [0.15, 0.2) is 5.56 Å². The zero-order valence-corrected chi connectivity index (χ0v) is 10.7. The number of benzene rings is 1. The van der Waals surface area contributed by atoms with E-state index in [9.17, 15) is 23.3 Å². The average molecular weight is 294 g/mol. The van der Waals surface area contributed by atoms with Crippen LogP contribution in [0.3, 0.4) is 0 Å². The zero-order chi connectivity index (χ0) is 13.9. The predicted octanol–water partition coefficient (Wildman–Crippen LogP) is 1.70. The van der Waals surface area contributed by atoms with Crippen molar-refractivity contribution < 1.29 is 22.9 Å². The number of esters is 1. The molecule has 0 heterocycles. The number of carbonyl (C=O) groups is 1. The zero-order valence-electron chi connectivity index (χ0n) is 9.12. The number of hydrogen-bond donors (Lipinski definition) is 0. The monoisotopic (exact) mass is 293 g/mol. The third kappa shape index (κ3) is 2.96. The molecular weight excluding hydrogens is 286 g/mol. The molecule has 98 valence electrons. The summed E-state index contributed by atoms with van der Waals surface area (Å²) in [6.07, 6.45) is 0. The van der Waals surface area contributed by atoms with E-state index in [4.69, 9.17) is 10.7 Å². The number of ether oxygens (including phenoxy) is 1. The summed E-state index contributed by atoms with van der Waals surface area (Å²) in [6.45, 7) is 1.44. The van der Waals surface area contributed by atoms with E-state index in [1.165, 1.54) is 6.92 Å². The topological polar surface area (TPSA) is 104 Å². The highest BCUT2D eigenvalue weighted by molar-refractivity contribution is 8.13. The van der Waals surface area contributed by atoms with Crippen LogP contribution in [0.2, 0.25) is 0 Å². The predicted molar refractivity (Wildman–Crippen MR) is 62.1 cm³/mol. The average Bonchev–Trinajstić information content (AvgIpc) is 2.27. The van der Waals surface area contributed by atoms with Gasteiger partial charge in [-0.05, 0) is 13.0 Å². The van der Waals surface area contributed by atoms with E-state index in [0.717, 1.165) is 18.2 Å². The molecule has 0 saturated carbocycles. The van der Waals surface area contributed by atoms with Crippen molar-refractivity contribution in [3.05, 3.63) is 33.9 Å². The number of nitrogens with zero attached hydrogens (tertiary/aromatic N) is 1. The van der Waals surface area contributed by atoms with E-state index in [1.807, 2.05) is 0 Å². The Morgan fingerprint density at radius 3 is 2.56 bits per heavy atom. The highest BCUT2D eigenvalue weighted by Gasteiger charge is 2.30. The summed E-state index contributed by atoms with van der Waals surface area (Å²) in [5.74, 6) is -1.11. The first-order valence-corrected chi connectivity index (χ1v) is 6.99. The molecule has 0 amide bonds. The van der Waals surface area contributed by atoms with Gasteiger partial charge < -0.3 is 4.74 Å². The second-order valence-corrected chi connectivity index (χ2v) is 5.60. The smallest absolute Gasteiger partial charge is 0.346 e. The van der Waals surface area contributed by atoms with Crippen LogP contribution >= 0.6 is 10.7 Å². The summed E-state index contributed by atoms with van der Waals surface area (Å²) in [5.41, 5.74) is -1.34. The molecule has 0 fully saturated rings. The molecule has 1 aromatic rings. The van der Waals surface area contributed by atoms with Crippen LogP contribution in [0, 0.1) is 10.1 Å². The fourth-order valence-electron chi connectivity index (χ4n) is 1.28. The SMILES string of the molecule is CCOC(=O)c1c([N+](=O)[O-])cccc1S(=O)(=O)Cl. The van der Waals surface area contributed by atoms with Crippen LogP contribution in [0.25, 0.3) is 0 Å². The Hall–Kier alpha value is -1.67. The quantitative estimate of drug-likeness (QED) is 0.362. The van der Waals surface area contributed by atoms with Gasteiger partial charge in [0.05, 0.1) is 11.5 Å². The third-order valence-corrected chi connectivity index (χ3v) is 3.31. The summed E-state index contributed by atoms with van der Waals surface area (Å²) in [4.78, 5) is 20.8. The minimum absolute atomic E-state index is 0.0490. The Morgan fingerprint density at radius 2 is 2.11 bits per heavy atom. The van der Waals surface area contributed by atoms with Gasteiger partial charge in [-0.2, -0.15) is 0 Å². The molecule has 0 unspecified atom stereocenters. The van der Waals surface area contributed by atoms with Crippen LogP contribution in [0.5, 0.6) is 0 Å². The largest absolute Gasteiger partial charge is 0.462 e.